The van der Waals surface area contributed by atoms with Crippen molar-refractivity contribution >= 4 is 50.4 Å². The summed E-state index contributed by atoms with van der Waals surface area (Å²) in [5.41, 5.74) is 0.523. The molecule has 0 bridgehead atoms. The van der Waals surface area contributed by atoms with Gasteiger partial charge in [0, 0.05) is 14.6 Å². The number of carboxylic acids is 1. The Labute approximate surface area is 127 Å². The number of hydrogen-bond acceptors (Lipinski definition) is 2. The number of benzene rings is 1. The van der Waals surface area contributed by atoms with Gasteiger partial charge in [-0.1, -0.05) is 0 Å². The second kappa shape index (κ2) is 5.56. The molecule has 1 N–H and O–H groups in total. The van der Waals surface area contributed by atoms with E-state index in [9.17, 15) is 9.59 Å². The van der Waals surface area contributed by atoms with Gasteiger partial charge >= 0.3 is 5.97 Å². The van der Waals surface area contributed by atoms with Gasteiger partial charge in [0.15, 0.2) is 0 Å². The molecular formula is C12H11BrINO3. The number of likely N-dealkylation sites (tertiary alicyclic amines) is 1. The van der Waals surface area contributed by atoms with Crippen LogP contribution in [-0.4, -0.2) is 34.5 Å². The first-order chi connectivity index (χ1) is 8.50. The molecule has 1 heterocycles. The summed E-state index contributed by atoms with van der Waals surface area (Å²) in [4.78, 5) is 24.9. The van der Waals surface area contributed by atoms with E-state index in [1.165, 1.54) is 4.90 Å². The molecule has 0 aliphatic carbocycles. The van der Waals surface area contributed by atoms with Gasteiger partial charge in [-0.25, -0.2) is 4.79 Å². The van der Waals surface area contributed by atoms with Crippen molar-refractivity contribution < 1.29 is 14.7 Å². The zero-order chi connectivity index (χ0) is 13.3. The van der Waals surface area contributed by atoms with E-state index in [0.29, 0.717) is 23.0 Å². The maximum atomic E-state index is 12.4. The Hall–Kier alpha value is -0.630. The van der Waals surface area contributed by atoms with Crippen LogP contribution in [0.3, 0.4) is 0 Å². The van der Waals surface area contributed by atoms with Crippen LogP contribution in [0.1, 0.15) is 23.2 Å². The van der Waals surface area contributed by atoms with E-state index in [0.717, 1.165) is 9.99 Å². The normalized spacial score (nSPS) is 19.0. The highest BCUT2D eigenvalue weighted by Gasteiger charge is 2.34. The monoisotopic (exact) mass is 423 g/mol. The molecule has 0 unspecified atom stereocenters. The summed E-state index contributed by atoms with van der Waals surface area (Å²) in [5, 5.41) is 9.10. The summed E-state index contributed by atoms with van der Waals surface area (Å²) in [6.07, 6.45) is 1.27. The van der Waals surface area contributed by atoms with E-state index >= 15 is 0 Å². The Balaban J connectivity index is 2.31. The minimum absolute atomic E-state index is 0.217. The maximum Gasteiger partial charge on any atom is 0.326 e. The lowest BCUT2D eigenvalue weighted by molar-refractivity contribution is -0.141. The highest BCUT2D eigenvalue weighted by Crippen LogP contribution is 2.25. The van der Waals surface area contributed by atoms with Crippen LogP contribution in [0, 0.1) is 3.57 Å². The molecule has 2 rings (SSSR count). The van der Waals surface area contributed by atoms with Crippen LogP contribution < -0.4 is 0 Å². The quantitative estimate of drug-likeness (QED) is 0.744. The highest BCUT2D eigenvalue weighted by molar-refractivity contribution is 14.1. The molecule has 0 aromatic heterocycles. The Bertz CT molecular complexity index is 506. The minimum atomic E-state index is -0.928. The smallest absolute Gasteiger partial charge is 0.326 e. The van der Waals surface area contributed by atoms with Gasteiger partial charge < -0.3 is 10.0 Å². The van der Waals surface area contributed by atoms with E-state index < -0.39 is 12.0 Å². The second-order valence-electron chi connectivity index (χ2n) is 4.12. The fraction of sp³-hybridized carbons (Fsp3) is 0.333. The standard InChI is InChI=1S/C12H11BrINO3/c13-9-4-3-7(14)6-8(9)11(16)15-5-1-2-10(15)12(17)18/h3-4,6,10H,1-2,5H2,(H,17,18)/t10-/m0/s1. The predicted molar refractivity (Wildman–Crippen MR) is 78.6 cm³/mol. The molecule has 1 amide bonds. The molecule has 1 aromatic rings. The first kappa shape index (κ1) is 13.8. The SMILES string of the molecule is O=C(O)[C@@H]1CCCN1C(=O)c1cc(I)ccc1Br. The van der Waals surface area contributed by atoms with E-state index in [4.69, 9.17) is 5.11 Å². The third kappa shape index (κ3) is 2.69. The molecule has 1 aliphatic rings. The van der Waals surface area contributed by atoms with Crippen molar-refractivity contribution in [2.75, 3.05) is 6.54 Å². The lowest BCUT2D eigenvalue weighted by Gasteiger charge is -2.22. The van der Waals surface area contributed by atoms with Gasteiger partial charge in [0.25, 0.3) is 5.91 Å². The number of rotatable bonds is 2. The fourth-order valence-electron chi connectivity index (χ4n) is 2.08. The Kier molecular flexibility index (Phi) is 4.26. The van der Waals surface area contributed by atoms with Gasteiger partial charge in [0.05, 0.1) is 5.56 Å². The number of carbonyl (C=O) groups excluding carboxylic acids is 1. The van der Waals surface area contributed by atoms with Crippen LogP contribution in [-0.2, 0) is 4.79 Å². The molecule has 1 saturated heterocycles. The highest BCUT2D eigenvalue weighted by atomic mass is 127. The molecule has 1 aliphatic heterocycles. The number of aliphatic carboxylic acids is 1. The molecule has 96 valence electrons. The van der Waals surface area contributed by atoms with E-state index in [2.05, 4.69) is 38.5 Å². The molecule has 1 fully saturated rings. The average molecular weight is 424 g/mol. The minimum Gasteiger partial charge on any atom is -0.480 e. The molecular weight excluding hydrogens is 413 g/mol. The van der Waals surface area contributed by atoms with Gasteiger partial charge in [-0.2, -0.15) is 0 Å². The molecule has 0 spiro atoms. The van der Waals surface area contributed by atoms with Gasteiger partial charge in [0.1, 0.15) is 6.04 Å². The Morgan fingerprint density at radius 3 is 2.83 bits per heavy atom. The van der Waals surface area contributed by atoms with Gasteiger partial charge in [-0.15, -0.1) is 0 Å². The third-order valence-corrected chi connectivity index (χ3v) is 4.32. The Morgan fingerprint density at radius 1 is 1.44 bits per heavy atom. The van der Waals surface area contributed by atoms with Crippen LogP contribution >= 0.6 is 38.5 Å². The van der Waals surface area contributed by atoms with Crippen molar-refractivity contribution in [2.45, 2.75) is 18.9 Å². The van der Waals surface area contributed by atoms with Crippen LogP contribution in [0.5, 0.6) is 0 Å². The lowest BCUT2D eigenvalue weighted by Crippen LogP contribution is -2.40. The molecule has 1 aromatic carbocycles. The van der Waals surface area contributed by atoms with Crippen molar-refractivity contribution in [1.82, 2.24) is 4.90 Å². The van der Waals surface area contributed by atoms with Crippen molar-refractivity contribution in [1.29, 1.82) is 0 Å². The zero-order valence-corrected chi connectivity index (χ0v) is 13.1. The summed E-state index contributed by atoms with van der Waals surface area (Å²) in [6, 6.07) is 4.77. The van der Waals surface area contributed by atoms with Gasteiger partial charge in [-0.3, -0.25) is 4.79 Å². The molecule has 0 saturated carbocycles. The van der Waals surface area contributed by atoms with Gasteiger partial charge in [-0.05, 0) is 69.6 Å². The first-order valence-corrected chi connectivity index (χ1v) is 7.36. The van der Waals surface area contributed by atoms with Crippen LogP contribution in [0.2, 0.25) is 0 Å². The van der Waals surface area contributed by atoms with Crippen LogP contribution in [0.15, 0.2) is 22.7 Å². The molecule has 1 atom stereocenters. The largest absolute Gasteiger partial charge is 0.480 e. The fourth-order valence-corrected chi connectivity index (χ4v) is 2.99. The van der Waals surface area contributed by atoms with E-state index in [1.54, 1.807) is 12.1 Å². The first-order valence-electron chi connectivity index (χ1n) is 5.49. The summed E-state index contributed by atoms with van der Waals surface area (Å²) >= 11 is 5.47. The number of amides is 1. The second-order valence-corrected chi connectivity index (χ2v) is 6.22. The maximum absolute atomic E-state index is 12.4. The number of carbonyl (C=O) groups is 2. The zero-order valence-electron chi connectivity index (χ0n) is 9.40. The topological polar surface area (TPSA) is 57.6 Å². The number of carboxylic acid groups (broad SMARTS) is 1. The predicted octanol–water partition coefficient (Wildman–Crippen LogP) is 2.74. The number of hydrogen-bond donors (Lipinski definition) is 1. The number of halogens is 2. The summed E-state index contributed by atoms with van der Waals surface area (Å²) in [7, 11) is 0. The van der Waals surface area contributed by atoms with Crippen LogP contribution in [0.25, 0.3) is 0 Å². The summed E-state index contributed by atoms with van der Waals surface area (Å²) in [5.74, 6) is -1.15. The van der Waals surface area contributed by atoms with E-state index in [-0.39, 0.29) is 5.91 Å². The number of nitrogens with zero attached hydrogens (tertiary/aromatic N) is 1. The van der Waals surface area contributed by atoms with Crippen molar-refractivity contribution in [2.24, 2.45) is 0 Å². The van der Waals surface area contributed by atoms with Crippen molar-refractivity contribution in [3.63, 3.8) is 0 Å². The third-order valence-electron chi connectivity index (χ3n) is 2.96. The lowest BCUT2D eigenvalue weighted by atomic mass is 10.1. The molecule has 0 radical (unpaired) electrons. The summed E-state index contributed by atoms with van der Waals surface area (Å²) < 4.78 is 1.65. The van der Waals surface area contributed by atoms with Crippen LogP contribution in [0.4, 0.5) is 0 Å². The van der Waals surface area contributed by atoms with Crippen molar-refractivity contribution in [3.8, 4) is 0 Å². The Morgan fingerprint density at radius 2 is 2.17 bits per heavy atom. The molecule has 6 heteroatoms. The van der Waals surface area contributed by atoms with E-state index in [1.807, 2.05) is 6.07 Å². The average Bonchev–Trinajstić information content (AvgIpc) is 2.80. The molecule has 4 nitrogen and oxygen atoms in total. The van der Waals surface area contributed by atoms with Crippen molar-refractivity contribution in [3.05, 3.63) is 31.8 Å². The molecule has 18 heavy (non-hydrogen) atoms. The van der Waals surface area contributed by atoms with Gasteiger partial charge in [0.2, 0.25) is 0 Å². The summed E-state index contributed by atoms with van der Waals surface area (Å²) in [6.45, 7) is 0.508.